The number of hydrogen-bond acceptors (Lipinski definition) is 4. The van der Waals surface area contributed by atoms with Crippen LogP contribution >= 0.6 is 0 Å². The average molecular weight is 286 g/mol. The molecular formula is C15H14N2O4. The smallest absolute Gasteiger partial charge is 0.274 e. The van der Waals surface area contributed by atoms with Crippen LogP contribution in [0.25, 0.3) is 0 Å². The van der Waals surface area contributed by atoms with E-state index in [1.807, 2.05) is 0 Å². The molecule has 0 aromatic heterocycles. The van der Waals surface area contributed by atoms with Crippen LogP contribution in [0.15, 0.2) is 42.5 Å². The van der Waals surface area contributed by atoms with Gasteiger partial charge in [-0.1, -0.05) is 6.07 Å². The van der Waals surface area contributed by atoms with E-state index in [0.717, 1.165) is 0 Å². The molecule has 0 spiro atoms. The summed E-state index contributed by atoms with van der Waals surface area (Å²) in [6, 6.07) is 11.2. The molecule has 21 heavy (non-hydrogen) atoms. The van der Waals surface area contributed by atoms with Gasteiger partial charge in [0.1, 0.15) is 5.75 Å². The molecule has 0 aliphatic heterocycles. The standard InChI is InChI=1S/C15H14N2O4/c1-10-3-6-12(9-14(10)17(19)20)16-15(18)11-4-7-13(21-2)8-5-11/h3-9H,1-2H3,(H,16,18). The monoisotopic (exact) mass is 286 g/mol. The summed E-state index contributed by atoms with van der Waals surface area (Å²) in [5, 5.41) is 13.5. The first-order chi connectivity index (χ1) is 10.0. The molecule has 0 saturated carbocycles. The summed E-state index contributed by atoms with van der Waals surface area (Å²) in [6.07, 6.45) is 0. The molecule has 0 saturated heterocycles. The maximum Gasteiger partial charge on any atom is 0.274 e. The van der Waals surface area contributed by atoms with Gasteiger partial charge in [0.25, 0.3) is 11.6 Å². The number of aryl methyl sites for hydroxylation is 1. The van der Waals surface area contributed by atoms with Crippen molar-refractivity contribution in [2.75, 3.05) is 12.4 Å². The van der Waals surface area contributed by atoms with Gasteiger partial charge in [-0.05, 0) is 37.3 Å². The third-order valence-corrected chi connectivity index (χ3v) is 3.02. The lowest BCUT2D eigenvalue weighted by Gasteiger charge is -2.07. The van der Waals surface area contributed by atoms with E-state index in [9.17, 15) is 14.9 Å². The Morgan fingerprint density at radius 1 is 1.19 bits per heavy atom. The van der Waals surface area contributed by atoms with Crippen LogP contribution in [0.5, 0.6) is 5.75 Å². The van der Waals surface area contributed by atoms with Crippen molar-refractivity contribution in [3.05, 3.63) is 63.7 Å². The van der Waals surface area contributed by atoms with Gasteiger partial charge in [0.05, 0.1) is 12.0 Å². The maximum atomic E-state index is 12.1. The van der Waals surface area contributed by atoms with Crippen LogP contribution in [0.2, 0.25) is 0 Å². The van der Waals surface area contributed by atoms with Crippen molar-refractivity contribution in [3.8, 4) is 5.75 Å². The van der Waals surface area contributed by atoms with Crippen molar-refractivity contribution in [2.45, 2.75) is 6.92 Å². The molecule has 108 valence electrons. The molecular weight excluding hydrogens is 272 g/mol. The molecule has 6 nitrogen and oxygen atoms in total. The number of hydrogen-bond donors (Lipinski definition) is 1. The number of carbonyl (C=O) groups excluding carboxylic acids is 1. The Morgan fingerprint density at radius 2 is 1.86 bits per heavy atom. The number of anilines is 1. The van der Waals surface area contributed by atoms with E-state index >= 15 is 0 Å². The van der Waals surface area contributed by atoms with Gasteiger partial charge in [-0.3, -0.25) is 14.9 Å². The van der Waals surface area contributed by atoms with Gasteiger partial charge in [-0.15, -0.1) is 0 Å². The van der Waals surface area contributed by atoms with Gasteiger partial charge in [-0.25, -0.2) is 0 Å². The lowest BCUT2D eigenvalue weighted by molar-refractivity contribution is -0.385. The number of carbonyl (C=O) groups is 1. The van der Waals surface area contributed by atoms with Crippen LogP contribution in [0, 0.1) is 17.0 Å². The summed E-state index contributed by atoms with van der Waals surface area (Å²) in [4.78, 5) is 22.5. The van der Waals surface area contributed by atoms with E-state index in [1.165, 1.54) is 6.07 Å². The highest BCUT2D eigenvalue weighted by Crippen LogP contribution is 2.23. The lowest BCUT2D eigenvalue weighted by Crippen LogP contribution is -2.12. The Labute approximate surface area is 121 Å². The molecule has 0 unspecified atom stereocenters. The molecule has 2 aromatic carbocycles. The SMILES string of the molecule is COc1ccc(C(=O)Nc2ccc(C)c([N+](=O)[O-])c2)cc1. The van der Waals surface area contributed by atoms with Gasteiger partial charge >= 0.3 is 0 Å². The highest BCUT2D eigenvalue weighted by atomic mass is 16.6. The number of nitrogens with one attached hydrogen (secondary N) is 1. The number of amides is 1. The fourth-order valence-corrected chi connectivity index (χ4v) is 1.83. The number of nitrogens with zero attached hydrogens (tertiary/aromatic N) is 1. The van der Waals surface area contributed by atoms with Gasteiger partial charge in [0, 0.05) is 22.9 Å². The molecule has 2 aromatic rings. The zero-order valence-corrected chi connectivity index (χ0v) is 11.6. The van der Waals surface area contributed by atoms with E-state index < -0.39 is 4.92 Å². The summed E-state index contributed by atoms with van der Waals surface area (Å²) in [6.45, 7) is 1.65. The van der Waals surface area contributed by atoms with Crippen LogP contribution in [0.3, 0.4) is 0 Å². The van der Waals surface area contributed by atoms with Crippen molar-refractivity contribution < 1.29 is 14.5 Å². The van der Waals surface area contributed by atoms with Gasteiger partial charge in [0.15, 0.2) is 0 Å². The second-order valence-corrected chi connectivity index (χ2v) is 4.44. The summed E-state index contributed by atoms with van der Waals surface area (Å²) >= 11 is 0. The fourth-order valence-electron chi connectivity index (χ4n) is 1.83. The first kappa shape index (κ1) is 14.5. The maximum absolute atomic E-state index is 12.1. The first-order valence-corrected chi connectivity index (χ1v) is 6.21. The predicted octanol–water partition coefficient (Wildman–Crippen LogP) is 3.16. The minimum atomic E-state index is -0.474. The molecule has 1 amide bonds. The molecule has 0 aliphatic rings. The first-order valence-electron chi connectivity index (χ1n) is 6.21. The van der Waals surface area contributed by atoms with Gasteiger partial charge in [-0.2, -0.15) is 0 Å². The number of ether oxygens (including phenoxy) is 1. The molecule has 6 heteroatoms. The second-order valence-electron chi connectivity index (χ2n) is 4.44. The third kappa shape index (κ3) is 3.36. The molecule has 0 atom stereocenters. The minimum absolute atomic E-state index is 0.0254. The number of nitro benzene ring substituents is 1. The van der Waals surface area contributed by atoms with Gasteiger partial charge in [0.2, 0.25) is 0 Å². The number of rotatable bonds is 4. The molecule has 0 radical (unpaired) electrons. The van der Waals surface area contributed by atoms with Crippen molar-refractivity contribution in [2.24, 2.45) is 0 Å². The zero-order valence-electron chi connectivity index (χ0n) is 11.6. The van der Waals surface area contributed by atoms with E-state index in [-0.39, 0.29) is 11.6 Å². The summed E-state index contributed by atoms with van der Waals surface area (Å²) in [5.41, 5.74) is 1.34. The molecule has 1 N–H and O–H groups in total. The Morgan fingerprint density at radius 3 is 2.43 bits per heavy atom. The topological polar surface area (TPSA) is 81.5 Å². The van der Waals surface area contributed by atoms with E-state index in [4.69, 9.17) is 4.74 Å². The fraction of sp³-hybridized carbons (Fsp3) is 0.133. The van der Waals surface area contributed by atoms with Crippen molar-refractivity contribution in [1.29, 1.82) is 0 Å². The van der Waals surface area contributed by atoms with Crippen molar-refractivity contribution in [3.63, 3.8) is 0 Å². The molecule has 0 aliphatic carbocycles. The Balaban J connectivity index is 2.19. The van der Waals surface area contributed by atoms with Crippen LogP contribution in [-0.4, -0.2) is 17.9 Å². The van der Waals surface area contributed by atoms with Crippen LogP contribution in [-0.2, 0) is 0 Å². The van der Waals surface area contributed by atoms with Crippen LogP contribution < -0.4 is 10.1 Å². The molecule has 0 heterocycles. The molecule has 0 bridgehead atoms. The number of methoxy groups -OCH3 is 1. The summed E-state index contributed by atoms with van der Waals surface area (Å²) < 4.78 is 5.02. The zero-order chi connectivity index (χ0) is 15.4. The number of nitro groups is 1. The Kier molecular flexibility index (Phi) is 4.18. The minimum Gasteiger partial charge on any atom is -0.497 e. The van der Waals surface area contributed by atoms with Crippen molar-refractivity contribution in [1.82, 2.24) is 0 Å². The van der Waals surface area contributed by atoms with Crippen LogP contribution in [0.4, 0.5) is 11.4 Å². The quantitative estimate of drug-likeness (QED) is 0.691. The Bertz CT molecular complexity index is 681. The average Bonchev–Trinajstić information content (AvgIpc) is 2.49. The largest absolute Gasteiger partial charge is 0.497 e. The predicted molar refractivity (Wildman–Crippen MR) is 78.8 cm³/mol. The third-order valence-electron chi connectivity index (χ3n) is 3.02. The second kappa shape index (κ2) is 6.04. The van der Waals surface area contributed by atoms with Crippen LogP contribution in [0.1, 0.15) is 15.9 Å². The van der Waals surface area contributed by atoms with Crippen molar-refractivity contribution >= 4 is 17.3 Å². The lowest BCUT2D eigenvalue weighted by atomic mass is 10.1. The Hall–Kier alpha value is -2.89. The molecule has 0 fully saturated rings. The van der Waals surface area contributed by atoms with E-state index in [0.29, 0.717) is 22.6 Å². The summed E-state index contributed by atoms with van der Waals surface area (Å²) in [5.74, 6) is 0.313. The molecule has 2 rings (SSSR count). The highest BCUT2D eigenvalue weighted by Gasteiger charge is 2.13. The normalized spacial score (nSPS) is 10.0. The van der Waals surface area contributed by atoms with E-state index in [2.05, 4.69) is 5.32 Å². The number of benzene rings is 2. The van der Waals surface area contributed by atoms with Gasteiger partial charge < -0.3 is 10.1 Å². The summed E-state index contributed by atoms with van der Waals surface area (Å²) in [7, 11) is 1.54. The highest BCUT2D eigenvalue weighted by molar-refractivity contribution is 6.04. The van der Waals surface area contributed by atoms with E-state index in [1.54, 1.807) is 50.4 Å².